The smallest absolute Gasteiger partial charge is 0.243 e. The van der Waals surface area contributed by atoms with Crippen LogP contribution in [0.3, 0.4) is 0 Å². The first-order valence-electron chi connectivity index (χ1n) is 9.53. The molecule has 3 aromatic rings. The summed E-state index contributed by atoms with van der Waals surface area (Å²) in [4.78, 5) is 4.91. The number of hydrogen-bond donors (Lipinski definition) is 0. The molecule has 2 heterocycles. The second-order valence-corrected chi connectivity index (χ2v) is 9.03. The summed E-state index contributed by atoms with van der Waals surface area (Å²) in [6, 6.07) is 14.5. The topological polar surface area (TPSA) is 85.5 Å². The molecule has 0 aliphatic carbocycles. The molecule has 0 atom stereocenters. The van der Waals surface area contributed by atoms with Crippen molar-refractivity contribution in [2.24, 2.45) is 0 Å². The Morgan fingerprint density at radius 3 is 2.41 bits per heavy atom. The van der Waals surface area contributed by atoms with Gasteiger partial charge >= 0.3 is 0 Å². The van der Waals surface area contributed by atoms with Gasteiger partial charge < -0.3 is 9.26 Å². The quantitative estimate of drug-likeness (QED) is 0.635. The zero-order valence-corrected chi connectivity index (χ0v) is 17.2. The number of aryl methyl sites for hydroxylation is 1. The molecule has 8 heteroatoms. The summed E-state index contributed by atoms with van der Waals surface area (Å²) in [6.45, 7) is 2.68. The van der Waals surface area contributed by atoms with Crippen LogP contribution in [-0.4, -0.2) is 43.1 Å². The van der Waals surface area contributed by atoms with Gasteiger partial charge in [-0.3, -0.25) is 0 Å². The molecule has 1 aromatic heterocycles. The van der Waals surface area contributed by atoms with Crippen LogP contribution in [0.4, 0.5) is 0 Å². The molecule has 0 amide bonds. The highest BCUT2D eigenvalue weighted by atomic mass is 32.2. The average Bonchev–Trinajstić information content (AvgIpc) is 3.24. The summed E-state index contributed by atoms with van der Waals surface area (Å²) in [5, 5.41) is 4.09. The van der Waals surface area contributed by atoms with Crippen LogP contribution in [0.15, 0.2) is 57.9 Å². The van der Waals surface area contributed by atoms with E-state index in [0.717, 1.165) is 16.9 Å². The van der Waals surface area contributed by atoms with Crippen LogP contribution in [0.5, 0.6) is 5.75 Å². The standard InChI is InChI=1S/C21H23N3O4S/c1-15-5-3-4-6-19(15)29(25,26)24-13-11-17(12-14-24)21-22-20(23-28-21)16-7-9-18(27-2)10-8-16/h3-10,17H,11-14H2,1-2H3. The van der Waals surface area contributed by atoms with Crippen molar-refractivity contribution in [2.75, 3.05) is 20.2 Å². The second-order valence-electron chi connectivity index (χ2n) is 7.13. The van der Waals surface area contributed by atoms with Gasteiger partial charge in [0.1, 0.15) is 5.75 Å². The second kappa shape index (κ2) is 7.96. The zero-order valence-electron chi connectivity index (χ0n) is 16.4. The molecule has 0 spiro atoms. The summed E-state index contributed by atoms with van der Waals surface area (Å²) in [5.74, 6) is 1.90. The summed E-state index contributed by atoms with van der Waals surface area (Å²) in [5.41, 5.74) is 1.61. The van der Waals surface area contributed by atoms with E-state index in [9.17, 15) is 8.42 Å². The van der Waals surface area contributed by atoms with E-state index in [1.54, 1.807) is 23.5 Å². The number of sulfonamides is 1. The highest BCUT2D eigenvalue weighted by Gasteiger charge is 2.32. The van der Waals surface area contributed by atoms with E-state index in [1.165, 1.54) is 0 Å². The van der Waals surface area contributed by atoms with E-state index in [1.807, 2.05) is 43.3 Å². The maximum Gasteiger partial charge on any atom is 0.243 e. The molecular weight excluding hydrogens is 390 g/mol. The maximum absolute atomic E-state index is 13.0. The minimum Gasteiger partial charge on any atom is -0.497 e. The zero-order chi connectivity index (χ0) is 20.4. The van der Waals surface area contributed by atoms with Gasteiger partial charge in [0.15, 0.2) is 0 Å². The van der Waals surface area contributed by atoms with Crippen molar-refractivity contribution in [3.63, 3.8) is 0 Å². The predicted molar refractivity (Wildman–Crippen MR) is 108 cm³/mol. The number of aromatic nitrogens is 2. The van der Waals surface area contributed by atoms with Gasteiger partial charge in [-0.25, -0.2) is 8.42 Å². The first-order chi connectivity index (χ1) is 14.0. The number of piperidine rings is 1. The lowest BCUT2D eigenvalue weighted by atomic mass is 9.98. The van der Waals surface area contributed by atoms with Crippen molar-refractivity contribution in [3.05, 3.63) is 60.0 Å². The maximum atomic E-state index is 13.0. The molecule has 2 aromatic carbocycles. The molecule has 152 valence electrons. The largest absolute Gasteiger partial charge is 0.497 e. The van der Waals surface area contributed by atoms with Gasteiger partial charge in [0, 0.05) is 24.6 Å². The first-order valence-corrected chi connectivity index (χ1v) is 11.0. The number of methoxy groups -OCH3 is 1. The van der Waals surface area contributed by atoms with E-state index in [4.69, 9.17) is 9.26 Å². The number of benzene rings is 2. The normalized spacial score (nSPS) is 16.1. The summed E-state index contributed by atoms with van der Waals surface area (Å²) in [6.07, 6.45) is 1.30. The van der Waals surface area contributed by atoms with Crippen LogP contribution in [0.1, 0.15) is 30.2 Å². The van der Waals surface area contributed by atoms with E-state index >= 15 is 0 Å². The predicted octanol–water partition coefficient (Wildman–Crippen LogP) is 3.62. The fourth-order valence-corrected chi connectivity index (χ4v) is 5.28. The molecule has 1 aliphatic rings. The molecule has 1 saturated heterocycles. The lowest BCUT2D eigenvalue weighted by Gasteiger charge is -2.30. The monoisotopic (exact) mass is 413 g/mol. The molecule has 1 aliphatic heterocycles. The van der Waals surface area contributed by atoms with Crippen LogP contribution in [0.25, 0.3) is 11.4 Å². The van der Waals surface area contributed by atoms with Crippen molar-refractivity contribution in [1.29, 1.82) is 0 Å². The van der Waals surface area contributed by atoms with E-state index in [0.29, 0.717) is 42.5 Å². The third-order valence-corrected chi connectivity index (χ3v) is 7.36. The van der Waals surface area contributed by atoms with Crippen molar-refractivity contribution < 1.29 is 17.7 Å². The molecule has 0 radical (unpaired) electrons. The number of ether oxygens (including phenoxy) is 1. The Hall–Kier alpha value is -2.71. The Morgan fingerprint density at radius 1 is 1.07 bits per heavy atom. The molecule has 0 bridgehead atoms. The molecule has 0 saturated carbocycles. The van der Waals surface area contributed by atoms with Gasteiger partial charge in [-0.2, -0.15) is 9.29 Å². The Balaban J connectivity index is 1.45. The summed E-state index contributed by atoms with van der Waals surface area (Å²) < 4.78 is 38.1. The van der Waals surface area contributed by atoms with Gasteiger partial charge in [-0.05, 0) is 55.7 Å². The molecule has 4 rings (SSSR count). The van der Waals surface area contributed by atoms with Gasteiger partial charge in [0.25, 0.3) is 0 Å². The van der Waals surface area contributed by atoms with Crippen LogP contribution < -0.4 is 4.74 Å². The highest BCUT2D eigenvalue weighted by molar-refractivity contribution is 7.89. The van der Waals surface area contributed by atoms with Gasteiger partial charge in [0.05, 0.1) is 12.0 Å². The van der Waals surface area contributed by atoms with Gasteiger partial charge in [-0.15, -0.1) is 0 Å². The molecule has 0 N–H and O–H groups in total. The lowest BCUT2D eigenvalue weighted by Crippen LogP contribution is -2.38. The van der Waals surface area contributed by atoms with Crippen LogP contribution >= 0.6 is 0 Å². The first kappa shape index (κ1) is 19.6. The van der Waals surface area contributed by atoms with E-state index in [-0.39, 0.29) is 5.92 Å². The number of nitrogens with zero attached hydrogens (tertiary/aromatic N) is 3. The molecule has 1 fully saturated rings. The minimum atomic E-state index is -3.49. The average molecular weight is 413 g/mol. The van der Waals surface area contributed by atoms with E-state index in [2.05, 4.69) is 10.1 Å². The molecule has 29 heavy (non-hydrogen) atoms. The summed E-state index contributed by atoms with van der Waals surface area (Å²) in [7, 11) is -1.87. The SMILES string of the molecule is COc1ccc(-c2noc(C3CCN(S(=O)(=O)c4ccccc4C)CC3)n2)cc1. The van der Waals surface area contributed by atoms with Crippen LogP contribution in [0, 0.1) is 6.92 Å². The van der Waals surface area contributed by atoms with Crippen molar-refractivity contribution >= 4 is 10.0 Å². The Kier molecular flexibility index (Phi) is 5.38. The number of rotatable bonds is 5. The molecule has 7 nitrogen and oxygen atoms in total. The van der Waals surface area contributed by atoms with Crippen molar-refractivity contribution in [1.82, 2.24) is 14.4 Å². The Bertz CT molecular complexity index is 1090. The third kappa shape index (κ3) is 3.90. The highest BCUT2D eigenvalue weighted by Crippen LogP contribution is 2.31. The minimum absolute atomic E-state index is 0.0535. The van der Waals surface area contributed by atoms with Gasteiger partial charge in [-0.1, -0.05) is 23.4 Å². The number of hydrogen-bond acceptors (Lipinski definition) is 6. The lowest BCUT2D eigenvalue weighted by molar-refractivity contribution is 0.270. The Labute approximate surface area is 170 Å². The van der Waals surface area contributed by atoms with Crippen molar-refractivity contribution in [3.8, 4) is 17.1 Å². The molecular formula is C21H23N3O4S. The van der Waals surface area contributed by atoms with Gasteiger partial charge in [0.2, 0.25) is 21.7 Å². The fraction of sp³-hybridized carbons (Fsp3) is 0.333. The fourth-order valence-electron chi connectivity index (χ4n) is 3.59. The summed E-state index contributed by atoms with van der Waals surface area (Å²) >= 11 is 0. The van der Waals surface area contributed by atoms with Crippen LogP contribution in [-0.2, 0) is 10.0 Å². The van der Waals surface area contributed by atoms with Crippen LogP contribution in [0.2, 0.25) is 0 Å². The van der Waals surface area contributed by atoms with Crippen molar-refractivity contribution in [2.45, 2.75) is 30.6 Å². The Morgan fingerprint density at radius 2 is 1.76 bits per heavy atom. The van der Waals surface area contributed by atoms with E-state index < -0.39 is 10.0 Å². The molecule has 0 unspecified atom stereocenters. The third-order valence-electron chi connectivity index (χ3n) is 5.30.